The van der Waals surface area contributed by atoms with Crippen molar-refractivity contribution < 1.29 is 99.6 Å². The fourth-order valence-electron chi connectivity index (χ4n) is 5.34. The third kappa shape index (κ3) is 8.31. The molecule has 0 aromatic heterocycles. The topological polar surface area (TPSA) is 223 Å². The number of anilines is 1. The molecule has 6 aromatic carbocycles. The summed E-state index contributed by atoms with van der Waals surface area (Å²) in [6.07, 6.45) is 0. The van der Waals surface area contributed by atoms with Gasteiger partial charge in [0.05, 0.1) is 19.9 Å². The molecule has 254 valence electrons. The molecule has 0 unspecified atom stereocenters. The number of azo groups is 2. The Balaban J connectivity index is 0.00000302. The SMILES string of the molecule is COc1cc(-c2ccc(N=Nc3cc(S(=O)(=O)O)c4ccccc4c3O)c(OC)c2)ccc1N=Nc1cc(S(=O)(=O)O)c2ccccc2c1N.[Na+].[Na+]. The number of nitrogens with zero attached hydrogens (tertiary/aromatic N) is 4. The average molecular weight is 760 g/mol. The van der Waals surface area contributed by atoms with Crippen LogP contribution in [-0.4, -0.2) is 45.3 Å². The van der Waals surface area contributed by atoms with Crippen LogP contribution >= 0.6 is 0 Å². The molecule has 0 aliphatic carbocycles. The molecule has 52 heavy (non-hydrogen) atoms. The van der Waals surface area contributed by atoms with Crippen LogP contribution in [0.1, 0.15) is 0 Å². The Morgan fingerprint density at radius 3 is 1.38 bits per heavy atom. The molecule has 0 saturated heterocycles. The molecular formula is C34H27N5Na2O9S2+2. The van der Waals surface area contributed by atoms with Crippen LogP contribution in [0.3, 0.4) is 0 Å². The van der Waals surface area contributed by atoms with Gasteiger partial charge in [-0.05, 0) is 47.5 Å². The molecule has 0 atom stereocenters. The Bertz CT molecular complexity index is 2440. The van der Waals surface area contributed by atoms with E-state index >= 15 is 0 Å². The first-order valence-electron chi connectivity index (χ1n) is 14.5. The Morgan fingerprint density at radius 1 is 0.538 bits per heavy atom. The third-order valence-electron chi connectivity index (χ3n) is 7.76. The summed E-state index contributed by atoms with van der Waals surface area (Å²) < 4.78 is 78.9. The van der Waals surface area contributed by atoms with Crippen LogP contribution in [-0.2, 0) is 20.2 Å². The molecule has 14 nitrogen and oxygen atoms in total. The van der Waals surface area contributed by atoms with Gasteiger partial charge in [0.15, 0.2) is 5.75 Å². The summed E-state index contributed by atoms with van der Waals surface area (Å²) >= 11 is 0. The molecule has 0 aliphatic heterocycles. The fraction of sp³-hybridized carbons (Fsp3) is 0.0588. The van der Waals surface area contributed by atoms with Gasteiger partial charge in [-0.3, -0.25) is 9.11 Å². The van der Waals surface area contributed by atoms with Crippen LogP contribution in [0.15, 0.2) is 127 Å². The Kier molecular flexibility index (Phi) is 12.9. The molecule has 0 aliphatic rings. The molecule has 0 bridgehead atoms. The molecule has 6 rings (SSSR count). The van der Waals surface area contributed by atoms with E-state index in [1.165, 1.54) is 32.4 Å². The summed E-state index contributed by atoms with van der Waals surface area (Å²) in [6.45, 7) is 0. The summed E-state index contributed by atoms with van der Waals surface area (Å²) in [4.78, 5) is -0.782. The van der Waals surface area contributed by atoms with Crippen molar-refractivity contribution in [2.75, 3.05) is 20.0 Å². The predicted molar refractivity (Wildman–Crippen MR) is 187 cm³/mol. The van der Waals surface area contributed by atoms with Crippen molar-refractivity contribution in [2.45, 2.75) is 9.79 Å². The molecule has 0 heterocycles. The van der Waals surface area contributed by atoms with E-state index in [9.17, 15) is 31.0 Å². The van der Waals surface area contributed by atoms with Crippen LogP contribution in [0.2, 0.25) is 0 Å². The van der Waals surface area contributed by atoms with E-state index in [1.807, 2.05) is 0 Å². The zero-order valence-corrected chi connectivity index (χ0v) is 33.8. The van der Waals surface area contributed by atoms with Crippen LogP contribution in [0.25, 0.3) is 32.7 Å². The van der Waals surface area contributed by atoms with Crippen molar-refractivity contribution in [2.24, 2.45) is 20.5 Å². The normalized spacial score (nSPS) is 11.8. The number of fused-ring (bicyclic) bond motifs is 2. The van der Waals surface area contributed by atoms with Crippen molar-refractivity contribution >= 4 is 70.2 Å². The molecule has 0 spiro atoms. The van der Waals surface area contributed by atoms with Gasteiger partial charge in [0, 0.05) is 21.5 Å². The second-order valence-electron chi connectivity index (χ2n) is 10.8. The van der Waals surface area contributed by atoms with Crippen LogP contribution in [0.4, 0.5) is 28.4 Å². The van der Waals surface area contributed by atoms with Crippen molar-refractivity contribution in [1.29, 1.82) is 0 Å². The second-order valence-corrected chi connectivity index (χ2v) is 13.5. The first kappa shape index (κ1) is 40.8. The minimum absolute atomic E-state index is 0. The van der Waals surface area contributed by atoms with E-state index < -0.39 is 25.1 Å². The minimum Gasteiger partial charge on any atom is -0.505 e. The predicted octanol–water partition coefficient (Wildman–Crippen LogP) is 2.30. The molecular weight excluding hydrogens is 733 g/mol. The maximum Gasteiger partial charge on any atom is 1.00 e. The molecule has 6 aromatic rings. The maximum absolute atomic E-state index is 12.1. The van der Waals surface area contributed by atoms with Gasteiger partial charge in [0.25, 0.3) is 20.2 Å². The number of ether oxygens (including phenoxy) is 2. The zero-order valence-electron chi connectivity index (χ0n) is 28.2. The summed E-state index contributed by atoms with van der Waals surface area (Å²) in [5, 5.41) is 28.3. The van der Waals surface area contributed by atoms with Gasteiger partial charge in [-0.1, -0.05) is 60.7 Å². The molecule has 0 radical (unpaired) electrons. The summed E-state index contributed by atoms with van der Waals surface area (Å²) in [6, 6.07) is 24.8. The van der Waals surface area contributed by atoms with Crippen molar-refractivity contribution in [3.8, 4) is 28.4 Å². The van der Waals surface area contributed by atoms with E-state index in [2.05, 4.69) is 20.5 Å². The number of nitrogens with two attached hydrogens (primary N) is 1. The van der Waals surface area contributed by atoms with Gasteiger partial charge >= 0.3 is 59.1 Å². The number of nitrogen functional groups attached to an aromatic ring is 1. The van der Waals surface area contributed by atoms with Gasteiger partial charge < -0.3 is 20.3 Å². The van der Waals surface area contributed by atoms with Gasteiger partial charge in [0.1, 0.15) is 44.0 Å². The minimum atomic E-state index is -4.64. The second kappa shape index (κ2) is 16.4. The van der Waals surface area contributed by atoms with Crippen LogP contribution < -0.4 is 74.3 Å². The molecule has 0 amide bonds. The number of benzene rings is 6. The van der Waals surface area contributed by atoms with Gasteiger partial charge in [-0.25, -0.2) is 0 Å². The Labute approximate surface area is 342 Å². The number of rotatable bonds is 9. The number of methoxy groups -OCH3 is 2. The van der Waals surface area contributed by atoms with E-state index in [1.54, 1.807) is 66.7 Å². The van der Waals surface area contributed by atoms with Crippen molar-refractivity contribution in [3.63, 3.8) is 0 Å². The van der Waals surface area contributed by atoms with E-state index in [4.69, 9.17) is 15.2 Å². The van der Waals surface area contributed by atoms with Gasteiger partial charge in [-0.15, -0.1) is 20.5 Å². The van der Waals surface area contributed by atoms with E-state index in [0.717, 1.165) is 12.1 Å². The molecule has 5 N–H and O–H groups in total. The van der Waals surface area contributed by atoms with E-state index in [-0.39, 0.29) is 109 Å². The maximum atomic E-state index is 12.1. The van der Waals surface area contributed by atoms with Crippen LogP contribution in [0, 0.1) is 0 Å². The first-order valence-corrected chi connectivity index (χ1v) is 17.4. The summed E-state index contributed by atoms with van der Waals surface area (Å²) in [7, 11) is -6.36. The monoisotopic (exact) mass is 759 g/mol. The van der Waals surface area contributed by atoms with Gasteiger partial charge in [-0.2, -0.15) is 16.8 Å². The smallest absolute Gasteiger partial charge is 0.505 e. The molecule has 18 heteroatoms. The zero-order chi connectivity index (χ0) is 35.8. The number of phenolic OH excluding ortho intramolecular Hbond substituents is 1. The standard InChI is InChI=1S/C34H27N5O9S2.2Na/c1-47-29-15-19(11-13-25(29)36-38-27-17-31(49(41,42)43)21-7-3-5-9-23(21)33(27)35)20-12-14-26(30(16-20)48-2)37-39-28-18-32(50(44,45)46)22-8-4-6-10-24(22)34(28)40;;/h3-18,40H,35H2,1-2H3,(H,41,42,43)(H,44,45,46);;/q;2*+1. The number of phenols is 1. The number of aromatic hydroxyl groups is 1. The molecule has 0 saturated carbocycles. The first-order chi connectivity index (χ1) is 23.8. The third-order valence-corrected chi connectivity index (χ3v) is 9.55. The van der Waals surface area contributed by atoms with Crippen molar-refractivity contribution in [3.05, 3.63) is 97.1 Å². The summed E-state index contributed by atoms with van der Waals surface area (Å²) in [5.41, 5.74) is 8.22. The Morgan fingerprint density at radius 2 is 0.923 bits per heavy atom. The van der Waals surface area contributed by atoms with Crippen molar-refractivity contribution in [1.82, 2.24) is 0 Å². The average Bonchev–Trinajstić information content (AvgIpc) is 3.10. The molecule has 0 fully saturated rings. The van der Waals surface area contributed by atoms with E-state index in [0.29, 0.717) is 33.7 Å². The van der Waals surface area contributed by atoms with Gasteiger partial charge in [0.2, 0.25) is 0 Å². The number of hydrogen-bond acceptors (Lipinski definition) is 12. The number of hydrogen-bond donors (Lipinski definition) is 4. The quantitative estimate of drug-likeness (QED) is 0.0729. The summed E-state index contributed by atoms with van der Waals surface area (Å²) in [5.74, 6) is 0.300. The van der Waals surface area contributed by atoms with Crippen LogP contribution in [0.5, 0.6) is 17.2 Å². The Hall–Kier alpha value is -3.94. The largest absolute Gasteiger partial charge is 1.00 e. The fourth-order valence-corrected chi connectivity index (χ4v) is 6.78.